The number of fused-ring (bicyclic) bond motifs is 1. The van der Waals surface area contributed by atoms with E-state index in [9.17, 15) is 13.2 Å². The molecule has 106 valence electrons. The number of sulfone groups is 1. The van der Waals surface area contributed by atoms with Crippen molar-refractivity contribution in [2.45, 2.75) is 0 Å². The van der Waals surface area contributed by atoms with Gasteiger partial charge in [0.15, 0.2) is 0 Å². The highest BCUT2D eigenvalue weighted by Crippen LogP contribution is 2.26. The van der Waals surface area contributed by atoms with Gasteiger partial charge in [-0.2, -0.15) is 0 Å². The molecule has 0 saturated heterocycles. The van der Waals surface area contributed by atoms with Gasteiger partial charge in [0.05, 0.1) is 11.3 Å². The number of anilines is 1. The molecule has 0 atom stereocenters. The van der Waals surface area contributed by atoms with Crippen LogP contribution in [0.4, 0.5) is 5.69 Å². The molecule has 2 aromatic rings. The zero-order chi connectivity index (χ0) is 14.8. The van der Waals surface area contributed by atoms with Gasteiger partial charge in [0.1, 0.15) is 9.84 Å². The molecular formula is C14H15NO4S. The summed E-state index contributed by atoms with van der Waals surface area (Å²) in [5.74, 6) is -0.953. The Morgan fingerprint density at radius 1 is 1.15 bits per heavy atom. The predicted octanol–water partition coefficient (Wildman–Crippen LogP) is 1.99. The smallest absolute Gasteiger partial charge is 0.336 e. The first-order chi connectivity index (χ1) is 9.38. The van der Waals surface area contributed by atoms with Crippen LogP contribution in [0.25, 0.3) is 10.8 Å². The van der Waals surface area contributed by atoms with E-state index in [0.29, 0.717) is 5.39 Å². The van der Waals surface area contributed by atoms with E-state index in [1.807, 2.05) is 12.1 Å². The Kier molecular flexibility index (Phi) is 3.94. The number of rotatable bonds is 5. The molecule has 0 amide bonds. The minimum atomic E-state index is -3.03. The molecule has 20 heavy (non-hydrogen) atoms. The van der Waals surface area contributed by atoms with Gasteiger partial charge in [0, 0.05) is 23.9 Å². The first kappa shape index (κ1) is 14.3. The molecule has 0 fully saturated rings. The van der Waals surface area contributed by atoms with E-state index in [0.717, 1.165) is 11.1 Å². The number of carboxylic acid groups (broad SMARTS) is 1. The summed E-state index contributed by atoms with van der Waals surface area (Å²) in [6, 6.07) is 10.3. The average molecular weight is 293 g/mol. The number of nitrogens with one attached hydrogen (secondary N) is 1. The SMILES string of the molecule is CS(=O)(=O)CCNc1ccc(C(=O)O)c2ccccc12. The van der Waals surface area contributed by atoms with Crippen molar-refractivity contribution in [1.29, 1.82) is 0 Å². The van der Waals surface area contributed by atoms with Crippen LogP contribution >= 0.6 is 0 Å². The van der Waals surface area contributed by atoms with Gasteiger partial charge in [-0.15, -0.1) is 0 Å². The highest BCUT2D eigenvalue weighted by Gasteiger charge is 2.11. The summed E-state index contributed by atoms with van der Waals surface area (Å²) < 4.78 is 22.2. The Bertz CT molecular complexity index is 753. The van der Waals surface area contributed by atoms with E-state index in [4.69, 9.17) is 5.11 Å². The van der Waals surface area contributed by atoms with Crippen LogP contribution in [0.5, 0.6) is 0 Å². The minimum absolute atomic E-state index is 0.0298. The van der Waals surface area contributed by atoms with Crippen molar-refractivity contribution in [2.75, 3.05) is 23.9 Å². The molecule has 0 bridgehead atoms. The van der Waals surface area contributed by atoms with E-state index < -0.39 is 15.8 Å². The maximum absolute atomic E-state index is 11.2. The van der Waals surface area contributed by atoms with Crippen LogP contribution in [0.15, 0.2) is 36.4 Å². The topological polar surface area (TPSA) is 83.5 Å². The molecule has 0 aromatic heterocycles. The summed E-state index contributed by atoms with van der Waals surface area (Å²) >= 11 is 0. The third-order valence-corrected chi connectivity index (χ3v) is 3.89. The van der Waals surface area contributed by atoms with Gasteiger partial charge in [-0.1, -0.05) is 24.3 Å². The Morgan fingerprint density at radius 2 is 1.80 bits per heavy atom. The first-order valence-electron chi connectivity index (χ1n) is 6.05. The quantitative estimate of drug-likeness (QED) is 0.881. The summed E-state index contributed by atoms with van der Waals surface area (Å²) in [5.41, 5.74) is 0.962. The number of hydrogen-bond donors (Lipinski definition) is 2. The van der Waals surface area contributed by atoms with Crippen LogP contribution in [0.1, 0.15) is 10.4 Å². The molecule has 2 N–H and O–H groups in total. The van der Waals surface area contributed by atoms with E-state index in [-0.39, 0.29) is 17.9 Å². The second-order valence-electron chi connectivity index (χ2n) is 4.57. The van der Waals surface area contributed by atoms with Gasteiger partial charge in [0.2, 0.25) is 0 Å². The highest BCUT2D eigenvalue weighted by molar-refractivity contribution is 7.90. The van der Waals surface area contributed by atoms with Gasteiger partial charge in [-0.3, -0.25) is 0 Å². The first-order valence-corrected chi connectivity index (χ1v) is 8.11. The van der Waals surface area contributed by atoms with Gasteiger partial charge >= 0.3 is 5.97 Å². The number of aromatic carboxylic acids is 1. The fraction of sp³-hybridized carbons (Fsp3) is 0.214. The summed E-state index contributed by atoms with van der Waals surface area (Å²) in [6.07, 6.45) is 1.18. The molecule has 6 heteroatoms. The lowest BCUT2D eigenvalue weighted by atomic mass is 10.0. The standard InChI is InChI=1S/C14H15NO4S/c1-20(18,19)9-8-15-13-7-6-12(14(16)17)10-4-2-3-5-11(10)13/h2-7,15H,8-9H2,1H3,(H,16,17). The van der Waals surface area contributed by atoms with Crippen molar-refractivity contribution in [3.8, 4) is 0 Å². The monoisotopic (exact) mass is 293 g/mol. The van der Waals surface area contributed by atoms with Crippen molar-refractivity contribution in [2.24, 2.45) is 0 Å². The third-order valence-electron chi connectivity index (χ3n) is 2.94. The summed E-state index contributed by atoms with van der Waals surface area (Å²) in [4.78, 5) is 11.2. The normalized spacial score (nSPS) is 11.4. The Hall–Kier alpha value is -2.08. The van der Waals surface area contributed by atoms with Gasteiger partial charge in [0.25, 0.3) is 0 Å². The molecule has 5 nitrogen and oxygen atoms in total. The van der Waals surface area contributed by atoms with Gasteiger partial charge in [-0.05, 0) is 17.5 Å². The number of carboxylic acids is 1. The molecule has 0 aliphatic heterocycles. The Labute approximate surface area is 117 Å². The predicted molar refractivity (Wildman–Crippen MR) is 79.1 cm³/mol. The van der Waals surface area contributed by atoms with Crippen molar-refractivity contribution in [1.82, 2.24) is 0 Å². The molecule has 0 saturated carbocycles. The largest absolute Gasteiger partial charge is 0.478 e. The van der Waals surface area contributed by atoms with E-state index in [1.54, 1.807) is 18.2 Å². The Morgan fingerprint density at radius 3 is 2.40 bits per heavy atom. The fourth-order valence-electron chi connectivity index (χ4n) is 2.01. The molecule has 0 aliphatic rings. The zero-order valence-corrected chi connectivity index (χ0v) is 11.8. The molecule has 0 unspecified atom stereocenters. The van der Waals surface area contributed by atoms with Crippen LogP contribution < -0.4 is 5.32 Å². The highest BCUT2D eigenvalue weighted by atomic mass is 32.2. The Balaban J connectivity index is 2.36. The lowest BCUT2D eigenvalue weighted by Crippen LogP contribution is -2.14. The van der Waals surface area contributed by atoms with Gasteiger partial charge < -0.3 is 10.4 Å². The molecule has 2 aromatic carbocycles. The fourth-order valence-corrected chi connectivity index (χ4v) is 2.48. The van der Waals surface area contributed by atoms with E-state index >= 15 is 0 Å². The number of hydrogen-bond acceptors (Lipinski definition) is 4. The lowest BCUT2D eigenvalue weighted by molar-refractivity contribution is 0.0699. The third kappa shape index (κ3) is 3.27. The van der Waals surface area contributed by atoms with Crippen molar-refractivity contribution in [3.05, 3.63) is 42.0 Å². The van der Waals surface area contributed by atoms with Crippen LogP contribution in [0.3, 0.4) is 0 Å². The van der Waals surface area contributed by atoms with Crippen LogP contribution in [0.2, 0.25) is 0 Å². The average Bonchev–Trinajstić information content (AvgIpc) is 2.37. The zero-order valence-electron chi connectivity index (χ0n) is 11.0. The van der Waals surface area contributed by atoms with E-state index in [2.05, 4.69) is 5.32 Å². The molecule has 0 heterocycles. The van der Waals surface area contributed by atoms with Gasteiger partial charge in [-0.25, -0.2) is 13.2 Å². The van der Waals surface area contributed by atoms with Crippen molar-refractivity contribution >= 4 is 32.3 Å². The molecule has 0 spiro atoms. The molecule has 0 radical (unpaired) electrons. The number of carbonyl (C=O) groups is 1. The van der Waals surface area contributed by atoms with Crippen LogP contribution in [0, 0.1) is 0 Å². The van der Waals surface area contributed by atoms with Crippen molar-refractivity contribution < 1.29 is 18.3 Å². The molecule has 0 aliphatic carbocycles. The summed E-state index contributed by atoms with van der Waals surface area (Å²) in [7, 11) is -3.03. The van der Waals surface area contributed by atoms with Crippen LogP contribution in [-0.2, 0) is 9.84 Å². The lowest BCUT2D eigenvalue weighted by Gasteiger charge is -2.11. The minimum Gasteiger partial charge on any atom is -0.478 e. The summed E-state index contributed by atoms with van der Waals surface area (Å²) in [5, 5.41) is 13.6. The second kappa shape index (κ2) is 5.50. The van der Waals surface area contributed by atoms with Crippen molar-refractivity contribution in [3.63, 3.8) is 0 Å². The molecule has 2 rings (SSSR count). The molecular weight excluding hydrogens is 278 g/mol. The van der Waals surface area contributed by atoms with Crippen LogP contribution in [-0.4, -0.2) is 38.0 Å². The van der Waals surface area contributed by atoms with E-state index in [1.165, 1.54) is 12.3 Å². The maximum Gasteiger partial charge on any atom is 0.336 e. The maximum atomic E-state index is 11.2. The number of benzene rings is 2. The summed E-state index contributed by atoms with van der Waals surface area (Å²) in [6.45, 7) is 0.287. The second-order valence-corrected chi connectivity index (χ2v) is 6.83.